The van der Waals surface area contributed by atoms with Gasteiger partial charge >= 0.3 is 0 Å². The third-order valence-electron chi connectivity index (χ3n) is 5.63. The van der Waals surface area contributed by atoms with Crippen molar-refractivity contribution in [3.05, 3.63) is 94.8 Å². The van der Waals surface area contributed by atoms with E-state index in [2.05, 4.69) is 37.3 Å². The van der Waals surface area contributed by atoms with Crippen molar-refractivity contribution >= 4 is 34.0 Å². The molecule has 0 aliphatic carbocycles. The van der Waals surface area contributed by atoms with Crippen molar-refractivity contribution in [1.29, 1.82) is 0 Å². The number of thiazole rings is 1. The molecule has 0 radical (unpaired) electrons. The van der Waals surface area contributed by atoms with Gasteiger partial charge in [-0.1, -0.05) is 85.3 Å². The first-order valence-corrected chi connectivity index (χ1v) is 11.9. The van der Waals surface area contributed by atoms with E-state index in [1.165, 1.54) is 16.9 Å². The summed E-state index contributed by atoms with van der Waals surface area (Å²) in [4.78, 5) is 19.6. The topological polar surface area (TPSA) is 33.2 Å². The number of rotatable bonds is 7. The van der Waals surface area contributed by atoms with Crippen molar-refractivity contribution in [1.82, 2.24) is 4.98 Å². The van der Waals surface area contributed by atoms with Gasteiger partial charge in [0.15, 0.2) is 5.13 Å². The monoisotopic (exact) mass is 460 g/mol. The maximum Gasteiger partial charge on any atom is 0.231 e. The number of benzene rings is 3. The van der Waals surface area contributed by atoms with Crippen LogP contribution in [0.5, 0.6) is 0 Å². The van der Waals surface area contributed by atoms with Crippen LogP contribution in [0.25, 0.3) is 22.4 Å². The first-order chi connectivity index (χ1) is 15.6. The molecule has 3 nitrogen and oxygen atoms in total. The molecule has 0 saturated carbocycles. The van der Waals surface area contributed by atoms with Gasteiger partial charge in [-0.3, -0.25) is 9.69 Å². The molecule has 0 saturated heterocycles. The molecular formula is C27H25ClN2OS. The highest BCUT2D eigenvalue weighted by Gasteiger charge is 2.24. The van der Waals surface area contributed by atoms with Crippen LogP contribution in [0.3, 0.4) is 0 Å². The van der Waals surface area contributed by atoms with Gasteiger partial charge in [0.05, 0.1) is 10.7 Å². The first-order valence-electron chi connectivity index (χ1n) is 10.7. The zero-order valence-corrected chi connectivity index (χ0v) is 19.7. The number of amides is 1. The number of hydrogen-bond acceptors (Lipinski definition) is 3. The molecule has 1 amide bonds. The molecule has 4 rings (SSSR count). The third-order valence-corrected chi connectivity index (χ3v) is 6.87. The molecule has 5 heteroatoms. The van der Waals surface area contributed by atoms with Gasteiger partial charge in [-0.15, -0.1) is 11.3 Å². The normalized spacial score (nSPS) is 11.8. The van der Waals surface area contributed by atoms with E-state index in [4.69, 9.17) is 16.6 Å². The highest BCUT2D eigenvalue weighted by Crippen LogP contribution is 2.35. The van der Waals surface area contributed by atoms with Gasteiger partial charge in [0.1, 0.15) is 0 Å². The Balaban J connectivity index is 1.56. The van der Waals surface area contributed by atoms with Crippen molar-refractivity contribution in [2.45, 2.75) is 19.8 Å². The molecule has 162 valence electrons. The van der Waals surface area contributed by atoms with E-state index in [0.717, 1.165) is 35.2 Å². The summed E-state index contributed by atoms with van der Waals surface area (Å²) in [6.07, 6.45) is 1.50. The van der Waals surface area contributed by atoms with Gasteiger partial charge in [0, 0.05) is 23.9 Å². The standard InChI is InChI=1S/C27H25ClN2OS/c1-3-20(16-19-10-6-4-7-11-19)26(31)30(2)27-29-25(18-32-27)23-17-22(14-15-24(23)28)21-12-8-5-9-13-21/h4-15,17-18,20H,3,16H2,1-2H3/t20-/m1/s1. The van der Waals surface area contributed by atoms with Gasteiger partial charge in [-0.05, 0) is 41.7 Å². The fraction of sp³-hybridized carbons (Fsp3) is 0.185. The van der Waals surface area contributed by atoms with Crippen LogP contribution in [-0.2, 0) is 11.2 Å². The van der Waals surface area contributed by atoms with E-state index >= 15 is 0 Å². The molecule has 0 unspecified atom stereocenters. The Bertz CT molecular complexity index is 1190. The molecule has 0 aliphatic heterocycles. The van der Waals surface area contributed by atoms with Crippen LogP contribution in [0, 0.1) is 5.92 Å². The predicted octanol–water partition coefficient (Wildman–Crippen LogP) is 7.36. The van der Waals surface area contributed by atoms with Gasteiger partial charge in [0.25, 0.3) is 0 Å². The van der Waals surface area contributed by atoms with E-state index in [1.54, 1.807) is 11.9 Å². The Morgan fingerprint density at radius 2 is 1.69 bits per heavy atom. The fourth-order valence-electron chi connectivity index (χ4n) is 3.75. The Morgan fingerprint density at radius 3 is 2.38 bits per heavy atom. The van der Waals surface area contributed by atoms with E-state index in [-0.39, 0.29) is 11.8 Å². The summed E-state index contributed by atoms with van der Waals surface area (Å²) in [6, 6.07) is 26.3. The van der Waals surface area contributed by atoms with Crippen molar-refractivity contribution in [2.24, 2.45) is 5.92 Å². The Kier molecular flexibility index (Phi) is 7.03. The number of carbonyl (C=O) groups excluding carboxylic acids is 1. The molecule has 3 aromatic carbocycles. The summed E-state index contributed by atoms with van der Waals surface area (Å²) in [5.74, 6) is 0.00105. The van der Waals surface area contributed by atoms with Crippen LogP contribution in [0.15, 0.2) is 84.2 Å². The summed E-state index contributed by atoms with van der Waals surface area (Å²) in [6.45, 7) is 2.06. The lowest BCUT2D eigenvalue weighted by Crippen LogP contribution is -2.33. The lowest BCUT2D eigenvalue weighted by Gasteiger charge is -2.21. The number of hydrogen-bond donors (Lipinski definition) is 0. The summed E-state index contributed by atoms with van der Waals surface area (Å²) in [5, 5.41) is 3.29. The minimum atomic E-state index is -0.0836. The number of halogens is 1. The van der Waals surface area contributed by atoms with Crippen LogP contribution in [0.2, 0.25) is 5.02 Å². The molecule has 4 aromatic rings. The van der Waals surface area contributed by atoms with E-state index in [0.29, 0.717) is 10.2 Å². The minimum Gasteiger partial charge on any atom is -0.291 e. The van der Waals surface area contributed by atoms with Crippen LogP contribution in [0.1, 0.15) is 18.9 Å². The maximum atomic E-state index is 13.2. The largest absolute Gasteiger partial charge is 0.291 e. The highest BCUT2D eigenvalue weighted by atomic mass is 35.5. The molecule has 0 aliphatic rings. The minimum absolute atomic E-state index is 0.0836. The molecule has 0 fully saturated rings. The van der Waals surface area contributed by atoms with E-state index < -0.39 is 0 Å². The highest BCUT2D eigenvalue weighted by molar-refractivity contribution is 7.14. The molecule has 0 N–H and O–H groups in total. The van der Waals surface area contributed by atoms with E-state index in [9.17, 15) is 4.79 Å². The smallest absolute Gasteiger partial charge is 0.231 e. The van der Waals surface area contributed by atoms with Gasteiger partial charge in [0.2, 0.25) is 5.91 Å². The Morgan fingerprint density at radius 1 is 1.00 bits per heavy atom. The number of carbonyl (C=O) groups is 1. The zero-order chi connectivity index (χ0) is 22.5. The van der Waals surface area contributed by atoms with Crippen molar-refractivity contribution in [2.75, 3.05) is 11.9 Å². The third kappa shape index (κ3) is 4.93. The quantitative estimate of drug-likeness (QED) is 0.288. The Hall–Kier alpha value is -2.95. The molecule has 1 aromatic heterocycles. The van der Waals surface area contributed by atoms with Gasteiger partial charge < -0.3 is 0 Å². The molecule has 0 spiro atoms. The summed E-state index contributed by atoms with van der Waals surface area (Å²) in [7, 11) is 1.81. The van der Waals surface area contributed by atoms with Crippen molar-refractivity contribution < 1.29 is 4.79 Å². The fourth-order valence-corrected chi connectivity index (χ4v) is 4.76. The summed E-state index contributed by atoms with van der Waals surface area (Å²) in [5.41, 5.74) is 5.03. The Labute approximate surface area is 198 Å². The predicted molar refractivity (Wildman–Crippen MR) is 135 cm³/mol. The second-order valence-corrected chi connectivity index (χ2v) is 9.01. The maximum absolute atomic E-state index is 13.2. The molecule has 32 heavy (non-hydrogen) atoms. The zero-order valence-electron chi connectivity index (χ0n) is 18.2. The number of anilines is 1. The summed E-state index contributed by atoms with van der Waals surface area (Å²) >= 11 is 7.98. The second kappa shape index (κ2) is 10.1. The van der Waals surface area contributed by atoms with Gasteiger partial charge in [-0.25, -0.2) is 4.98 Å². The van der Waals surface area contributed by atoms with Crippen LogP contribution in [0.4, 0.5) is 5.13 Å². The lowest BCUT2D eigenvalue weighted by molar-refractivity contribution is -0.122. The van der Waals surface area contributed by atoms with Crippen molar-refractivity contribution in [3.63, 3.8) is 0 Å². The molecule has 1 heterocycles. The van der Waals surface area contributed by atoms with Crippen LogP contribution in [-0.4, -0.2) is 17.9 Å². The van der Waals surface area contributed by atoms with Crippen LogP contribution >= 0.6 is 22.9 Å². The second-order valence-electron chi connectivity index (χ2n) is 7.77. The number of aromatic nitrogens is 1. The molecule has 0 bridgehead atoms. The van der Waals surface area contributed by atoms with Crippen molar-refractivity contribution in [3.8, 4) is 22.4 Å². The first kappa shape index (κ1) is 22.3. The summed E-state index contributed by atoms with van der Waals surface area (Å²) < 4.78 is 0. The molecular weight excluding hydrogens is 436 g/mol. The lowest BCUT2D eigenvalue weighted by atomic mass is 9.96. The van der Waals surface area contributed by atoms with Gasteiger partial charge in [-0.2, -0.15) is 0 Å². The SMILES string of the molecule is CC[C@H](Cc1ccccc1)C(=O)N(C)c1nc(-c2cc(-c3ccccc3)ccc2Cl)cs1. The molecule has 1 atom stereocenters. The number of nitrogens with zero attached hydrogens (tertiary/aromatic N) is 2. The van der Waals surface area contributed by atoms with Crippen LogP contribution < -0.4 is 4.90 Å². The average Bonchev–Trinajstić information content (AvgIpc) is 3.33. The van der Waals surface area contributed by atoms with E-state index in [1.807, 2.05) is 53.9 Å². The average molecular weight is 461 g/mol.